The first-order valence-corrected chi connectivity index (χ1v) is 9.64. The quantitative estimate of drug-likeness (QED) is 0.601. The van der Waals surface area contributed by atoms with Gasteiger partial charge in [-0.15, -0.1) is 0 Å². The zero-order valence-corrected chi connectivity index (χ0v) is 17.1. The van der Waals surface area contributed by atoms with Crippen molar-refractivity contribution < 1.29 is 23.9 Å². The number of aryl methyl sites for hydroxylation is 1. The summed E-state index contributed by atoms with van der Waals surface area (Å²) in [5, 5.41) is 0. The number of ether oxygens (including phenoxy) is 2. The molecule has 0 radical (unpaired) electrons. The highest BCUT2D eigenvalue weighted by Crippen LogP contribution is 2.20. The Bertz CT molecular complexity index is 1160. The third kappa shape index (κ3) is 4.78. The van der Waals surface area contributed by atoms with Crippen molar-refractivity contribution >= 4 is 39.4 Å². The molecule has 2 aromatic carbocycles. The van der Waals surface area contributed by atoms with E-state index in [2.05, 4.69) is 4.99 Å². The fourth-order valence-corrected chi connectivity index (χ4v) is 3.98. The fourth-order valence-electron chi connectivity index (χ4n) is 2.89. The average Bonchev–Trinajstić information content (AvgIpc) is 3.03. The van der Waals surface area contributed by atoms with Gasteiger partial charge in [-0.05, 0) is 30.7 Å². The molecule has 0 aliphatic heterocycles. The Morgan fingerprint density at radius 3 is 2.55 bits per heavy atom. The summed E-state index contributed by atoms with van der Waals surface area (Å²) in [5.74, 6) is -1.25. The monoisotopic (exact) mass is 412 g/mol. The number of hydrogen-bond acceptors (Lipinski definition) is 6. The Balaban J connectivity index is 2.04. The predicted octanol–water partition coefficient (Wildman–Crippen LogP) is 2.64. The summed E-state index contributed by atoms with van der Waals surface area (Å²) in [7, 11) is 2.61. The number of esters is 2. The molecule has 0 atom stereocenters. The Morgan fingerprint density at radius 2 is 1.86 bits per heavy atom. The minimum atomic E-state index is -0.464. The van der Waals surface area contributed by atoms with Crippen LogP contribution in [0.5, 0.6) is 0 Å². The molecule has 150 valence electrons. The first-order chi connectivity index (χ1) is 13.9. The number of carbonyl (C=O) groups is 3. The van der Waals surface area contributed by atoms with Gasteiger partial charge >= 0.3 is 11.9 Å². The summed E-state index contributed by atoms with van der Waals surface area (Å²) < 4.78 is 11.8. The van der Waals surface area contributed by atoms with Crippen molar-refractivity contribution in [2.75, 3.05) is 14.2 Å². The average molecular weight is 412 g/mol. The van der Waals surface area contributed by atoms with E-state index in [0.717, 1.165) is 11.1 Å². The summed E-state index contributed by atoms with van der Waals surface area (Å²) in [5.41, 5.74) is 2.99. The van der Waals surface area contributed by atoms with E-state index in [1.165, 1.54) is 25.6 Å². The van der Waals surface area contributed by atoms with Gasteiger partial charge < -0.3 is 14.0 Å². The van der Waals surface area contributed by atoms with E-state index < -0.39 is 11.9 Å². The van der Waals surface area contributed by atoms with Gasteiger partial charge in [0.15, 0.2) is 4.80 Å². The second-order valence-corrected chi connectivity index (χ2v) is 7.40. The summed E-state index contributed by atoms with van der Waals surface area (Å²) in [4.78, 5) is 40.8. The van der Waals surface area contributed by atoms with Crippen LogP contribution in [0.4, 0.5) is 0 Å². The Labute approximate surface area is 171 Å². The summed E-state index contributed by atoms with van der Waals surface area (Å²) in [6, 6.07) is 12.6. The zero-order valence-electron chi connectivity index (χ0n) is 16.3. The SMILES string of the molecule is COC(=O)Cn1c(=NC(=O)Cc2cccc(C)c2)sc2cc(C(=O)OC)ccc21. The summed E-state index contributed by atoms with van der Waals surface area (Å²) in [6.07, 6.45) is 0.154. The second-order valence-electron chi connectivity index (χ2n) is 6.39. The maximum absolute atomic E-state index is 12.5. The topological polar surface area (TPSA) is 87.0 Å². The smallest absolute Gasteiger partial charge is 0.337 e. The lowest BCUT2D eigenvalue weighted by atomic mass is 10.1. The molecule has 0 saturated heterocycles. The molecule has 3 rings (SSSR count). The molecule has 0 aliphatic rings. The Hall–Kier alpha value is -3.26. The maximum Gasteiger partial charge on any atom is 0.337 e. The molecule has 0 bridgehead atoms. The van der Waals surface area contributed by atoms with Crippen molar-refractivity contribution in [3.63, 3.8) is 0 Å². The van der Waals surface area contributed by atoms with Gasteiger partial charge in [0.1, 0.15) is 6.54 Å². The van der Waals surface area contributed by atoms with Gasteiger partial charge in [-0.1, -0.05) is 41.2 Å². The highest BCUT2D eigenvalue weighted by atomic mass is 32.1. The largest absolute Gasteiger partial charge is 0.468 e. The number of benzene rings is 2. The van der Waals surface area contributed by atoms with Crippen LogP contribution in [0.1, 0.15) is 21.5 Å². The van der Waals surface area contributed by atoms with Gasteiger partial charge in [0.25, 0.3) is 5.91 Å². The molecular formula is C21H20N2O5S. The third-order valence-corrected chi connectivity index (χ3v) is 5.32. The van der Waals surface area contributed by atoms with E-state index in [0.29, 0.717) is 20.6 Å². The molecule has 1 aromatic heterocycles. The minimum absolute atomic E-state index is 0.0926. The first kappa shape index (κ1) is 20.5. The molecule has 7 nitrogen and oxygen atoms in total. The van der Waals surface area contributed by atoms with E-state index in [-0.39, 0.29) is 18.9 Å². The van der Waals surface area contributed by atoms with Crippen molar-refractivity contribution in [3.8, 4) is 0 Å². The lowest BCUT2D eigenvalue weighted by Crippen LogP contribution is -2.22. The highest BCUT2D eigenvalue weighted by Gasteiger charge is 2.14. The molecule has 0 unspecified atom stereocenters. The van der Waals surface area contributed by atoms with Crippen molar-refractivity contribution in [3.05, 3.63) is 64.0 Å². The maximum atomic E-state index is 12.5. The van der Waals surface area contributed by atoms with Gasteiger partial charge in [-0.3, -0.25) is 9.59 Å². The third-order valence-electron chi connectivity index (χ3n) is 4.28. The van der Waals surface area contributed by atoms with E-state index in [1.807, 2.05) is 31.2 Å². The zero-order chi connectivity index (χ0) is 21.0. The van der Waals surface area contributed by atoms with Crippen molar-refractivity contribution in [2.45, 2.75) is 19.9 Å². The summed E-state index contributed by atoms with van der Waals surface area (Å²) in [6.45, 7) is 1.87. The number of aromatic nitrogens is 1. The van der Waals surface area contributed by atoms with Gasteiger partial charge in [-0.25, -0.2) is 4.79 Å². The molecule has 0 spiro atoms. The van der Waals surface area contributed by atoms with Crippen LogP contribution in [0, 0.1) is 6.92 Å². The van der Waals surface area contributed by atoms with Crippen LogP contribution >= 0.6 is 11.3 Å². The first-order valence-electron chi connectivity index (χ1n) is 8.83. The van der Waals surface area contributed by atoms with Crippen LogP contribution < -0.4 is 4.80 Å². The summed E-state index contributed by atoms with van der Waals surface area (Å²) >= 11 is 1.22. The predicted molar refractivity (Wildman–Crippen MR) is 109 cm³/mol. The molecule has 0 fully saturated rings. The van der Waals surface area contributed by atoms with Crippen LogP contribution in [0.25, 0.3) is 10.2 Å². The van der Waals surface area contributed by atoms with Crippen molar-refractivity contribution in [2.24, 2.45) is 4.99 Å². The molecular weight excluding hydrogens is 392 g/mol. The Kier molecular flexibility index (Phi) is 6.23. The van der Waals surface area contributed by atoms with Gasteiger partial charge in [-0.2, -0.15) is 4.99 Å². The van der Waals surface area contributed by atoms with Crippen LogP contribution in [0.15, 0.2) is 47.5 Å². The molecule has 29 heavy (non-hydrogen) atoms. The number of methoxy groups -OCH3 is 2. The van der Waals surface area contributed by atoms with Gasteiger partial charge in [0, 0.05) is 0 Å². The van der Waals surface area contributed by atoms with Crippen LogP contribution in [-0.2, 0) is 32.0 Å². The molecule has 0 aliphatic carbocycles. The fraction of sp³-hybridized carbons (Fsp3) is 0.238. The highest BCUT2D eigenvalue weighted by molar-refractivity contribution is 7.16. The normalized spacial score (nSPS) is 11.5. The van der Waals surface area contributed by atoms with Gasteiger partial charge in [0.2, 0.25) is 0 Å². The van der Waals surface area contributed by atoms with Gasteiger partial charge in [0.05, 0.1) is 36.4 Å². The van der Waals surface area contributed by atoms with E-state index in [1.54, 1.807) is 22.8 Å². The molecule has 1 heterocycles. The van der Waals surface area contributed by atoms with Crippen LogP contribution in [-0.4, -0.2) is 36.6 Å². The standard InChI is InChI=1S/C21H20N2O5S/c1-13-5-4-6-14(9-13)10-18(24)22-21-23(12-19(25)27-2)16-8-7-15(20(26)28-3)11-17(16)29-21/h4-9,11H,10,12H2,1-3H3. The van der Waals surface area contributed by atoms with Crippen LogP contribution in [0.3, 0.4) is 0 Å². The van der Waals surface area contributed by atoms with Crippen molar-refractivity contribution in [1.82, 2.24) is 4.57 Å². The number of nitrogens with zero attached hydrogens (tertiary/aromatic N) is 2. The number of rotatable bonds is 5. The van der Waals surface area contributed by atoms with Crippen molar-refractivity contribution in [1.29, 1.82) is 0 Å². The number of amides is 1. The lowest BCUT2D eigenvalue weighted by molar-refractivity contribution is -0.141. The molecule has 0 N–H and O–H groups in total. The number of carbonyl (C=O) groups excluding carboxylic acids is 3. The molecule has 3 aromatic rings. The molecule has 8 heteroatoms. The van der Waals surface area contributed by atoms with E-state index >= 15 is 0 Å². The molecule has 1 amide bonds. The Morgan fingerprint density at radius 1 is 1.07 bits per heavy atom. The number of hydrogen-bond donors (Lipinski definition) is 0. The van der Waals surface area contributed by atoms with E-state index in [4.69, 9.17) is 9.47 Å². The second kappa shape index (κ2) is 8.83. The van der Waals surface area contributed by atoms with E-state index in [9.17, 15) is 14.4 Å². The van der Waals surface area contributed by atoms with Crippen LogP contribution in [0.2, 0.25) is 0 Å². The lowest BCUT2D eigenvalue weighted by Gasteiger charge is -2.04. The number of thiazole rings is 1. The minimum Gasteiger partial charge on any atom is -0.468 e. The number of fused-ring (bicyclic) bond motifs is 1. The molecule has 0 saturated carbocycles.